The smallest absolute Gasteiger partial charge is 0.332 e. The van der Waals surface area contributed by atoms with E-state index in [-0.39, 0.29) is 30.7 Å². The first kappa shape index (κ1) is 20.6. The molecule has 0 unspecified atom stereocenters. The van der Waals surface area contributed by atoms with E-state index in [0.29, 0.717) is 32.7 Å². The van der Waals surface area contributed by atoms with Gasteiger partial charge in [0.05, 0.1) is 18.2 Å². The van der Waals surface area contributed by atoms with Gasteiger partial charge in [0, 0.05) is 23.9 Å². The van der Waals surface area contributed by atoms with Crippen LogP contribution in [0.15, 0.2) is 52.2 Å². The number of nitrogens with zero attached hydrogens (tertiary/aromatic N) is 3. The lowest BCUT2D eigenvalue weighted by atomic mass is 10.2. The van der Waals surface area contributed by atoms with E-state index in [1.54, 1.807) is 12.3 Å². The van der Waals surface area contributed by atoms with Crippen molar-refractivity contribution < 1.29 is 9.53 Å². The molecule has 1 N–H and O–H groups in total. The van der Waals surface area contributed by atoms with Crippen molar-refractivity contribution in [3.8, 4) is 0 Å². The minimum Gasteiger partial charge on any atom is -0.376 e. The number of anilines is 1. The van der Waals surface area contributed by atoms with Gasteiger partial charge in [-0.2, -0.15) is 0 Å². The van der Waals surface area contributed by atoms with E-state index < -0.39 is 5.69 Å². The first-order valence-corrected chi connectivity index (χ1v) is 11.3. The third kappa shape index (κ3) is 3.74. The molecule has 0 aliphatic carbocycles. The van der Waals surface area contributed by atoms with E-state index >= 15 is 0 Å². The van der Waals surface area contributed by atoms with Crippen LogP contribution in [0.4, 0.5) is 5.69 Å². The summed E-state index contributed by atoms with van der Waals surface area (Å²) in [6.07, 6.45) is 3.17. The van der Waals surface area contributed by atoms with Crippen LogP contribution in [0, 0.1) is 6.92 Å². The van der Waals surface area contributed by atoms with Crippen LogP contribution >= 0.6 is 11.3 Å². The second kappa shape index (κ2) is 8.33. The molecule has 0 radical (unpaired) electrons. The number of amides is 1. The number of benzene rings is 1. The summed E-state index contributed by atoms with van der Waals surface area (Å²) in [6.45, 7) is 2.56. The van der Waals surface area contributed by atoms with Crippen molar-refractivity contribution in [2.75, 3.05) is 11.9 Å². The second-order valence-corrected chi connectivity index (χ2v) is 8.97. The first-order valence-electron chi connectivity index (χ1n) is 10.5. The molecule has 8 nitrogen and oxygen atoms in total. The lowest BCUT2D eigenvalue weighted by Crippen LogP contribution is -2.43. The van der Waals surface area contributed by atoms with Crippen molar-refractivity contribution >= 4 is 43.4 Å². The van der Waals surface area contributed by atoms with Gasteiger partial charge in [-0.3, -0.25) is 18.7 Å². The Morgan fingerprint density at radius 3 is 2.78 bits per heavy atom. The number of carbonyl (C=O) groups is 1. The zero-order valence-electron chi connectivity index (χ0n) is 17.5. The second-order valence-electron chi connectivity index (χ2n) is 7.97. The van der Waals surface area contributed by atoms with Crippen LogP contribution in [0.25, 0.3) is 20.4 Å². The highest BCUT2D eigenvalue weighted by atomic mass is 32.1. The molecule has 1 saturated heterocycles. The number of rotatable bonds is 5. The molecular formula is C23H22N4O4S. The van der Waals surface area contributed by atoms with Crippen molar-refractivity contribution in [1.29, 1.82) is 0 Å². The fourth-order valence-electron chi connectivity index (χ4n) is 4.06. The van der Waals surface area contributed by atoms with Crippen molar-refractivity contribution in [1.82, 2.24) is 14.1 Å². The number of hydrogen-bond donors (Lipinski definition) is 1. The van der Waals surface area contributed by atoms with Crippen LogP contribution in [-0.4, -0.2) is 32.7 Å². The van der Waals surface area contributed by atoms with Crippen LogP contribution in [0.3, 0.4) is 0 Å². The molecule has 1 aliphatic heterocycles. The van der Waals surface area contributed by atoms with Crippen LogP contribution in [-0.2, 0) is 22.6 Å². The van der Waals surface area contributed by atoms with Crippen molar-refractivity contribution in [3.05, 3.63) is 69.0 Å². The van der Waals surface area contributed by atoms with Crippen molar-refractivity contribution in [2.24, 2.45) is 0 Å². The highest BCUT2D eigenvalue weighted by molar-refractivity contribution is 7.25. The fraction of sp³-hybridized carbons (Fsp3) is 0.304. The van der Waals surface area contributed by atoms with Gasteiger partial charge in [0.25, 0.3) is 5.56 Å². The van der Waals surface area contributed by atoms with Crippen molar-refractivity contribution in [2.45, 2.75) is 39.0 Å². The average molecular weight is 451 g/mol. The number of fused-ring (bicyclic) bond motifs is 3. The highest BCUT2D eigenvalue weighted by Gasteiger charge is 2.23. The maximum Gasteiger partial charge on any atom is 0.332 e. The SMILES string of the molecule is Cc1ccc(NC(=O)Cn2c(=O)n(C[C@H]3CCCO3)c(=O)c3sc4ncccc4c32)cc1. The number of carbonyl (C=O) groups excluding carboxylic acids is 1. The molecule has 5 rings (SSSR count). The van der Waals surface area contributed by atoms with Gasteiger partial charge in [-0.1, -0.05) is 17.7 Å². The molecule has 1 amide bonds. The van der Waals surface area contributed by atoms with Crippen LogP contribution in [0.2, 0.25) is 0 Å². The number of aromatic nitrogens is 3. The topological polar surface area (TPSA) is 95.2 Å². The van der Waals surface area contributed by atoms with E-state index in [9.17, 15) is 14.4 Å². The molecule has 0 spiro atoms. The Bertz CT molecular complexity index is 1430. The van der Waals surface area contributed by atoms with Gasteiger partial charge in [0.15, 0.2) is 0 Å². The van der Waals surface area contributed by atoms with E-state index in [4.69, 9.17) is 4.74 Å². The summed E-state index contributed by atoms with van der Waals surface area (Å²) in [4.78, 5) is 44.6. The fourth-order valence-corrected chi connectivity index (χ4v) is 5.16. The Morgan fingerprint density at radius 1 is 1.22 bits per heavy atom. The lowest BCUT2D eigenvalue weighted by molar-refractivity contribution is -0.116. The van der Waals surface area contributed by atoms with E-state index in [0.717, 1.165) is 18.4 Å². The molecule has 32 heavy (non-hydrogen) atoms. The number of nitrogens with one attached hydrogen (secondary N) is 1. The summed E-state index contributed by atoms with van der Waals surface area (Å²) in [5, 5.41) is 3.52. The number of hydrogen-bond acceptors (Lipinski definition) is 6. The molecule has 1 fully saturated rings. The summed E-state index contributed by atoms with van der Waals surface area (Å²) in [5.41, 5.74) is 1.31. The zero-order valence-corrected chi connectivity index (χ0v) is 18.4. The van der Waals surface area contributed by atoms with Gasteiger partial charge < -0.3 is 10.1 Å². The summed E-state index contributed by atoms with van der Waals surface area (Å²) in [7, 11) is 0. The average Bonchev–Trinajstić information content (AvgIpc) is 3.44. The van der Waals surface area contributed by atoms with E-state index in [2.05, 4.69) is 10.3 Å². The molecule has 4 aromatic rings. The van der Waals surface area contributed by atoms with Crippen LogP contribution in [0.1, 0.15) is 18.4 Å². The molecule has 0 saturated carbocycles. The maximum absolute atomic E-state index is 13.4. The molecular weight excluding hydrogens is 428 g/mol. The van der Waals surface area contributed by atoms with Gasteiger partial charge in [0.1, 0.15) is 16.1 Å². The molecule has 4 heterocycles. The number of ether oxygens (including phenoxy) is 1. The molecule has 0 bridgehead atoms. The largest absolute Gasteiger partial charge is 0.376 e. The predicted octanol–water partition coefficient (Wildman–Crippen LogP) is 2.90. The minimum atomic E-state index is -0.513. The van der Waals surface area contributed by atoms with Crippen LogP contribution in [0.5, 0.6) is 0 Å². The number of thiophene rings is 1. The Labute approximate surface area is 187 Å². The zero-order chi connectivity index (χ0) is 22.2. The molecule has 3 aromatic heterocycles. The number of aryl methyl sites for hydroxylation is 1. The Balaban J connectivity index is 1.61. The van der Waals surface area contributed by atoms with E-state index in [1.807, 2.05) is 37.3 Å². The Morgan fingerprint density at radius 2 is 2.03 bits per heavy atom. The molecule has 164 valence electrons. The quantitative estimate of drug-likeness (QED) is 0.505. The summed E-state index contributed by atoms with van der Waals surface area (Å²) < 4.78 is 8.65. The van der Waals surface area contributed by atoms with Gasteiger partial charge in [-0.15, -0.1) is 11.3 Å². The van der Waals surface area contributed by atoms with E-state index in [1.165, 1.54) is 20.5 Å². The molecule has 9 heteroatoms. The van der Waals surface area contributed by atoms with Gasteiger partial charge in [0.2, 0.25) is 5.91 Å². The maximum atomic E-state index is 13.4. The molecule has 1 atom stereocenters. The van der Waals surface area contributed by atoms with Gasteiger partial charge in [-0.05, 0) is 44.0 Å². The summed E-state index contributed by atoms with van der Waals surface area (Å²) in [5.74, 6) is -0.345. The van der Waals surface area contributed by atoms with Crippen molar-refractivity contribution in [3.63, 3.8) is 0 Å². The third-order valence-electron chi connectivity index (χ3n) is 5.66. The monoisotopic (exact) mass is 450 g/mol. The third-order valence-corrected chi connectivity index (χ3v) is 6.75. The minimum absolute atomic E-state index is 0.175. The predicted molar refractivity (Wildman–Crippen MR) is 124 cm³/mol. The molecule has 1 aliphatic rings. The standard InChI is InChI=1S/C23H22N4O4S/c1-14-6-8-15(9-7-14)25-18(28)13-26-19-17-5-2-10-24-21(17)32-20(19)22(29)27(23(26)30)12-16-4-3-11-31-16/h2,5-10,16H,3-4,11-13H2,1H3,(H,25,28)/t16-/m1/s1. The first-order chi connectivity index (χ1) is 15.5. The summed E-state index contributed by atoms with van der Waals surface area (Å²) in [6, 6.07) is 11.0. The number of pyridine rings is 1. The Kier molecular flexibility index (Phi) is 5.36. The van der Waals surface area contributed by atoms with Crippen LogP contribution < -0.4 is 16.6 Å². The molecule has 1 aromatic carbocycles. The van der Waals surface area contributed by atoms with Gasteiger partial charge >= 0.3 is 5.69 Å². The lowest BCUT2D eigenvalue weighted by Gasteiger charge is -2.15. The normalized spacial score (nSPS) is 16.1. The Hall–Kier alpha value is -3.30. The van der Waals surface area contributed by atoms with Gasteiger partial charge in [-0.25, -0.2) is 9.78 Å². The summed E-state index contributed by atoms with van der Waals surface area (Å²) >= 11 is 1.24. The highest BCUT2D eigenvalue weighted by Crippen LogP contribution is 2.29.